The van der Waals surface area contributed by atoms with Gasteiger partial charge in [0, 0.05) is 7.05 Å². The van der Waals surface area contributed by atoms with Crippen molar-refractivity contribution in [2.75, 3.05) is 11.9 Å². The van der Waals surface area contributed by atoms with Crippen LogP contribution in [0.5, 0.6) is 0 Å². The van der Waals surface area contributed by atoms with Crippen LogP contribution in [0.1, 0.15) is 67.8 Å². The van der Waals surface area contributed by atoms with Gasteiger partial charge in [0.1, 0.15) is 0 Å². The van der Waals surface area contributed by atoms with E-state index in [0.29, 0.717) is 39.1 Å². The number of carbonyl (C=O) groups excluding carboxylic acids is 4. The third-order valence-electron chi connectivity index (χ3n) is 6.30. The van der Waals surface area contributed by atoms with Crippen LogP contribution in [0, 0.1) is 0 Å². The number of imide groups is 2. The highest BCUT2D eigenvalue weighted by atomic mass is 16.2. The van der Waals surface area contributed by atoms with Gasteiger partial charge in [0.05, 0.1) is 27.9 Å². The second kappa shape index (κ2) is 6.97. The van der Waals surface area contributed by atoms with Crippen molar-refractivity contribution in [2.24, 2.45) is 0 Å². The first-order chi connectivity index (χ1) is 15.6. The minimum atomic E-state index is -0.382. The lowest BCUT2D eigenvalue weighted by Gasteiger charge is -2.20. The molecule has 0 saturated carbocycles. The average Bonchev–Trinajstić information content (AvgIpc) is 3.17. The molecule has 0 N–H and O–H groups in total. The van der Waals surface area contributed by atoms with E-state index >= 15 is 0 Å². The Kier molecular flexibility index (Phi) is 4.40. The van der Waals surface area contributed by atoms with Crippen molar-refractivity contribution in [3.05, 3.63) is 88.5 Å². The Morgan fingerprint density at radius 1 is 0.576 bits per heavy atom. The van der Waals surface area contributed by atoms with Crippen LogP contribution in [0.15, 0.2) is 60.7 Å². The number of hydrogen-bond donors (Lipinski definition) is 0. The Morgan fingerprint density at radius 2 is 1.03 bits per heavy atom. The fourth-order valence-electron chi connectivity index (χ4n) is 4.31. The number of fused-ring (bicyclic) bond motifs is 2. The molecule has 0 unspecified atom stereocenters. The number of carbonyl (C=O) groups is 4. The lowest BCUT2D eigenvalue weighted by Crippen LogP contribution is -2.29. The first kappa shape index (κ1) is 20.8. The van der Waals surface area contributed by atoms with Crippen LogP contribution in [-0.4, -0.2) is 35.6 Å². The molecule has 0 spiro atoms. The van der Waals surface area contributed by atoms with Crippen molar-refractivity contribution in [3.8, 4) is 11.1 Å². The smallest absolute Gasteiger partial charge is 0.266 e. The predicted octanol–water partition coefficient (Wildman–Crippen LogP) is 4.68. The summed E-state index contributed by atoms with van der Waals surface area (Å²) in [5.41, 5.74) is 4.35. The van der Waals surface area contributed by atoms with E-state index < -0.39 is 0 Å². The first-order valence-corrected chi connectivity index (χ1v) is 10.7. The number of anilines is 1. The van der Waals surface area contributed by atoms with Gasteiger partial charge < -0.3 is 0 Å². The van der Waals surface area contributed by atoms with Gasteiger partial charge in [0.25, 0.3) is 23.6 Å². The molecular weight excluding hydrogens is 416 g/mol. The number of rotatable bonds is 2. The summed E-state index contributed by atoms with van der Waals surface area (Å²) in [5, 5.41) is 0. The van der Waals surface area contributed by atoms with Gasteiger partial charge in [-0.1, -0.05) is 45.0 Å². The second-order valence-electron chi connectivity index (χ2n) is 9.43. The monoisotopic (exact) mass is 438 g/mol. The Morgan fingerprint density at radius 3 is 1.58 bits per heavy atom. The Labute approximate surface area is 191 Å². The maximum atomic E-state index is 13.2. The minimum absolute atomic E-state index is 0.0356. The zero-order valence-electron chi connectivity index (χ0n) is 18.8. The van der Waals surface area contributed by atoms with Crippen LogP contribution in [0.4, 0.5) is 5.69 Å². The van der Waals surface area contributed by atoms with Gasteiger partial charge in [-0.15, -0.1) is 0 Å². The van der Waals surface area contributed by atoms with Gasteiger partial charge in [-0.2, -0.15) is 0 Å². The maximum absolute atomic E-state index is 13.2. The Bertz CT molecular complexity index is 1380. The van der Waals surface area contributed by atoms with Crippen molar-refractivity contribution in [1.29, 1.82) is 0 Å². The summed E-state index contributed by atoms with van der Waals surface area (Å²) >= 11 is 0. The summed E-state index contributed by atoms with van der Waals surface area (Å²) < 4.78 is 0. The Balaban J connectivity index is 1.50. The molecule has 33 heavy (non-hydrogen) atoms. The van der Waals surface area contributed by atoms with Crippen molar-refractivity contribution in [1.82, 2.24) is 4.90 Å². The second-order valence-corrected chi connectivity index (χ2v) is 9.43. The van der Waals surface area contributed by atoms with E-state index in [0.717, 1.165) is 10.5 Å². The molecule has 2 aliphatic heterocycles. The SMILES string of the molecule is CN1C(=O)c2ccc(-c3ccc4c(c3)C(=O)N(c3ccc(C(C)(C)C)cc3)C4=O)cc2C1=O. The van der Waals surface area contributed by atoms with E-state index in [4.69, 9.17) is 0 Å². The molecule has 6 nitrogen and oxygen atoms in total. The molecule has 5 rings (SSSR count). The lowest BCUT2D eigenvalue weighted by molar-refractivity contribution is 0.0692. The highest BCUT2D eigenvalue weighted by molar-refractivity contribution is 6.34. The van der Waals surface area contributed by atoms with Crippen LogP contribution in [0.3, 0.4) is 0 Å². The number of hydrogen-bond acceptors (Lipinski definition) is 4. The van der Waals surface area contributed by atoms with Crippen LogP contribution in [0.25, 0.3) is 11.1 Å². The highest BCUT2D eigenvalue weighted by Gasteiger charge is 2.37. The van der Waals surface area contributed by atoms with E-state index in [1.807, 2.05) is 12.1 Å². The number of benzene rings is 3. The van der Waals surface area contributed by atoms with E-state index in [2.05, 4.69) is 20.8 Å². The van der Waals surface area contributed by atoms with Gasteiger partial charge in [-0.25, -0.2) is 4.90 Å². The molecule has 0 radical (unpaired) electrons. The zero-order valence-corrected chi connectivity index (χ0v) is 18.8. The van der Waals surface area contributed by atoms with Gasteiger partial charge in [0.2, 0.25) is 0 Å². The fourth-order valence-corrected chi connectivity index (χ4v) is 4.31. The van der Waals surface area contributed by atoms with Crippen LogP contribution < -0.4 is 4.90 Å². The summed E-state index contributed by atoms with van der Waals surface area (Å²) in [6.45, 7) is 6.31. The van der Waals surface area contributed by atoms with E-state index in [1.165, 1.54) is 11.9 Å². The molecule has 0 aromatic heterocycles. The normalized spacial score (nSPS) is 15.4. The molecule has 3 aromatic carbocycles. The summed E-state index contributed by atoms with van der Waals surface area (Å²) in [5.74, 6) is -1.42. The van der Waals surface area contributed by atoms with Gasteiger partial charge in [-0.3, -0.25) is 24.1 Å². The first-order valence-electron chi connectivity index (χ1n) is 10.7. The Hall–Kier alpha value is -4.06. The quantitative estimate of drug-likeness (QED) is 0.545. The van der Waals surface area contributed by atoms with Gasteiger partial charge in [-0.05, 0) is 58.5 Å². The molecule has 2 aliphatic rings. The molecule has 0 atom stereocenters. The summed E-state index contributed by atoms with van der Waals surface area (Å²) in [4.78, 5) is 53.0. The third-order valence-corrected chi connectivity index (χ3v) is 6.30. The van der Waals surface area contributed by atoms with Gasteiger partial charge in [0.15, 0.2) is 0 Å². The summed E-state index contributed by atoms with van der Waals surface area (Å²) in [6, 6.07) is 17.5. The van der Waals surface area contributed by atoms with E-state index in [-0.39, 0.29) is 29.0 Å². The van der Waals surface area contributed by atoms with E-state index in [1.54, 1.807) is 48.5 Å². The molecule has 0 saturated heterocycles. The molecule has 0 fully saturated rings. The molecule has 4 amide bonds. The topological polar surface area (TPSA) is 74.8 Å². The minimum Gasteiger partial charge on any atom is -0.277 e. The number of amides is 4. The van der Waals surface area contributed by atoms with Gasteiger partial charge >= 0.3 is 0 Å². The highest BCUT2D eigenvalue weighted by Crippen LogP contribution is 2.34. The molecule has 2 heterocycles. The molecule has 0 bridgehead atoms. The predicted molar refractivity (Wildman–Crippen MR) is 125 cm³/mol. The van der Waals surface area contributed by atoms with Crippen molar-refractivity contribution in [3.63, 3.8) is 0 Å². The lowest BCUT2D eigenvalue weighted by atomic mass is 9.87. The van der Waals surface area contributed by atoms with Crippen LogP contribution >= 0.6 is 0 Å². The fraction of sp³-hybridized carbons (Fsp3) is 0.185. The maximum Gasteiger partial charge on any atom is 0.266 e. The van der Waals surface area contributed by atoms with Crippen LogP contribution in [0.2, 0.25) is 0 Å². The van der Waals surface area contributed by atoms with Crippen molar-refractivity contribution >= 4 is 29.3 Å². The standard InChI is InChI=1S/C27H22N2O4/c1-27(2,3)17-7-9-18(10-8-17)29-25(32)20-12-6-16(14-22(20)26(29)33)15-5-11-19-21(13-15)24(31)28(4)23(19)30/h5-14H,1-4H3. The largest absolute Gasteiger partial charge is 0.277 e. The molecular formula is C27H22N2O4. The molecule has 6 heteroatoms. The third kappa shape index (κ3) is 3.09. The summed E-state index contributed by atoms with van der Waals surface area (Å²) in [6.07, 6.45) is 0. The molecule has 3 aromatic rings. The average molecular weight is 438 g/mol. The van der Waals surface area contributed by atoms with Crippen molar-refractivity contribution in [2.45, 2.75) is 26.2 Å². The van der Waals surface area contributed by atoms with Crippen molar-refractivity contribution < 1.29 is 19.2 Å². The van der Waals surface area contributed by atoms with Crippen LogP contribution in [-0.2, 0) is 5.41 Å². The number of nitrogens with zero attached hydrogens (tertiary/aromatic N) is 2. The molecule has 164 valence electrons. The zero-order chi connectivity index (χ0) is 23.7. The molecule has 0 aliphatic carbocycles. The summed E-state index contributed by atoms with van der Waals surface area (Å²) in [7, 11) is 1.45. The van der Waals surface area contributed by atoms with E-state index in [9.17, 15) is 19.2 Å².